The Labute approximate surface area is 169 Å². The molecule has 0 saturated heterocycles. The second-order valence-electron chi connectivity index (χ2n) is 6.17. The number of alkyl halides is 3. The third-order valence-corrected chi connectivity index (χ3v) is 4.72. The first-order valence-electron chi connectivity index (χ1n) is 8.57. The first-order valence-corrected chi connectivity index (χ1v) is 9.45. The molecule has 0 fully saturated rings. The number of hydrogen-bond donors (Lipinski definition) is 2. The summed E-state index contributed by atoms with van der Waals surface area (Å²) in [4.78, 5) is 16.2. The van der Waals surface area contributed by atoms with Crippen LogP contribution >= 0.6 is 11.3 Å². The zero-order chi connectivity index (χ0) is 20.9. The zero-order valence-electron chi connectivity index (χ0n) is 15.3. The minimum atomic E-state index is -4.41. The van der Waals surface area contributed by atoms with Crippen LogP contribution in [0.5, 0.6) is 0 Å². The summed E-state index contributed by atoms with van der Waals surface area (Å²) >= 11 is 1.20. The number of hydrazone groups is 1. The van der Waals surface area contributed by atoms with Crippen molar-refractivity contribution in [1.29, 1.82) is 0 Å². The number of aryl methyl sites for hydroxylation is 1. The van der Waals surface area contributed by atoms with Gasteiger partial charge in [0, 0.05) is 11.1 Å². The zero-order valence-corrected chi connectivity index (χ0v) is 16.1. The summed E-state index contributed by atoms with van der Waals surface area (Å²) in [6.45, 7) is 1.94. The maximum Gasteiger partial charge on any atom is 0.416 e. The van der Waals surface area contributed by atoms with Crippen LogP contribution in [0.2, 0.25) is 0 Å². The molecular weight excluding hydrogens is 401 g/mol. The molecule has 1 heterocycles. The number of hydrogen-bond acceptors (Lipinski definition) is 5. The lowest BCUT2D eigenvalue weighted by Crippen LogP contribution is -2.20. The second kappa shape index (κ2) is 8.87. The Kier molecular flexibility index (Phi) is 6.28. The van der Waals surface area contributed by atoms with Gasteiger partial charge in [-0.15, -0.1) is 11.3 Å². The van der Waals surface area contributed by atoms with E-state index in [1.165, 1.54) is 23.5 Å². The van der Waals surface area contributed by atoms with E-state index < -0.39 is 11.7 Å². The maximum atomic E-state index is 12.8. The minimum absolute atomic E-state index is 0.00584. The molecule has 0 aliphatic heterocycles. The number of amides is 1. The quantitative estimate of drug-likeness (QED) is 0.442. The summed E-state index contributed by atoms with van der Waals surface area (Å²) < 4.78 is 38.4. The third kappa shape index (κ3) is 5.89. The Morgan fingerprint density at radius 3 is 2.76 bits per heavy atom. The van der Waals surface area contributed by atoms with Crippen molar-refractivity contribution < 1.29 is 18.0 Å². The molecule has 1 aromatic heterocycles. The highest BCUT2D eigenvalue weighted by Crippen LogP contribution is 2.31. The summed E-state index contributed by atoms with van der Waals surface area (Å²) in [5.41, 5.74) is 4.39. The summed E-state index contributed by atoms with van der Waals surface area (Å²) in [6.07, 6.45) is -2.84. The van der Waals surface area contributed by atoms with Crippen LogP contribution < -0.4 is 10.7 Å². The largest absolute Gasteiger partial charge is 0.416 e. The van der Waals surface area contributed by atoms with Crippen LogP contribution in [0.25, 0.3) is 0 Å². The number of rotatable bonds is 6. The monoisotopic (exact) mass is 418 g/mol. The van der Waals surface area contributed by atoms with Crippen molar-refractivity contribution in [3.05, 3.63) is 76.3 Å². The molecule has 2 N–H and O–H groups in total. The van der Waals surface area contributed by atoms with Crippen molar-refractivity contribution in [2.75, 3.05) is 5.32 Å². The molecule has 0 radical (unpaired) electrons. The Bertz CT molecular complexity index is 1030. The maximum absolute atomic E-state index is 12.8. The molecule has 0 unspecified atom stereocenters. The van der Waals surface area contributed by atoms with Crippen LogP contribution in [0, 0.1) is 6.92 Å². The van der Waals surface area contributed by atoms with Crippen molar-refractivity contribution in [3.63, 3.8) is 0 Å². The fourth-order valence-corrected chi connectivity index (χ4v) is 3.18. The van der Waals surface area contributed by atoms with Gasteiger partial charge in [0.15, 0.2) is 5.13 Å². The average Bonchev–Trinajstić information content (AvgIpc) is 3.09. The first-order chi connectivity index (χ1) is 13.8. The Hall–Kier alpha value is -3.20. The number of nitrogens with zero attached hydrogens (tertiary/aromatic N) is 2. The van der Waals surface area contributed by atoms with Crippen molar-refractivity contribution in [2.24, 2.45) is 5.10 Å². The van der Waals surface area contributed by atoms with Gasteiger partial charge in [-0.2, -0.15) is 18.3 Å². The molecule has 1 amide bonds. The van der Waals surface area contributed by atoms with Crippen molar-refractivity contribution >= 4 is 34.3 Å². The number of nitrogens with one attached hydrogen (secondary N) is 2. The number of aromatic nitrogens is 1. The van der Waals surface area contributed by atoms with Crippen LogP contribution in [-0.2, 0) is 17.4 Å². The van der Waals surface area contributed by atoms with Crippen molar-refractivity contribution in [1.82, 2.24) is 10.4 Å². The predicted molar refractivity (Wildman–Crippen MR) is 107 cm³/mol. The van der Waals surface area contributed by atoms with Gasteiger partial charge >= 0.3 is 6.18 Å². The summed E-state index contributed by atoms with van der Waals surface area (Å²) in [6, 6.07) is 12.5. The van der Waals surface area contributed by atoms with Crippen LogP contribution in [0.3, 0.4) is 0 Å². The smallest absolute Gasteiger partial charge is 0.332 e. The highest BCUT2D eigenvalue weighted by molar-refractivity contribution is 7.13. The SMILES string of the molecule is Cc1ccccc1C=NNC(=O)Cc1csc(Nc2cccc(C(F)(F)F)c2)n1. The van der Waals surface area contributed by atoms with E-state index in [0.717, 1.165) is 23.3 Å². The molecule has 150 valence electrons. The fraction of sp³-hybridized carbons (Fsp3) is 0.150. The standard InChI is InChI=1S/C20H17F3N4OS/c1-13-5-2-3-6-14(13)11-24-27-18(28)10-17-12-29-19(26-17)25-16-8-4-7-15(9-16)20(21,22)23/h2-9,11-12H,10H2,1H3,(H,25,26)(H,27,28). The van der Waals surface area contributed by atoms with Gasteiger partial charge in [-0.3, -0.25) is 4.79 Å². The summed E-state index contributed by atoms with van der Waals surface area (Å²) in [5, 5.41) is 8.83. The van der Waals surface area contributed by atoms with Gasteiger partial charge in [-0.05, 0) is 36.2 Å². The highest BCUT2D eigenvalue weighted by atomic mass is 32.1. The number of benzene rings is 2. The van der Waals surface area contributed by atoms with Gasteiger partial charge in [-0.1, -0.05) is 30.3 Å². The number of halogens is 3. The van der Waals surface area contributed by atoms with Crippen LogP contribution in [0.4, 0.5) is 24.0 Å². The molecular formula is C20H17F3N4OS. The molecule has 3 rings (SSSR count). The highest BCUT2D eigenvalue weighted by Gasteiger charge is 2.30. The van der Waals surface area contributed by atoms with E-state index >= 15 is 0 Å². The second-order valence-corrected chi connectivity index (χ2v) is 7.03. The molecule has 29 heavy (non-hydrogen) atoms. The van der Waals surface area contributed by atoms with Gasteiger partial charge < -0.3 is 5.32 Å². The Morgan fingerprint density at radius 1 is 1.21 bits per heavy atom. The topological polar surface area (TPSA) is 66.4 Å². The molecule has 3 aromatic rings. The summed E-state index contributed by atoms with van der Waals surface area (Å²) in [7, 11) is 0. The van der Waals surface area contributed by atoms with Gasteiger partial charge in [0.05, 0.1) is 23.9 Å². The normalized spacial score (nSPS) is 11.6. The molecule has 0 aliphatic carbocycles. The van der Waals surface area contributed by atoms with E-state index in [4.69, 9.17) is 0 Å². The van der Waals surface area contributed by atoms with E-state index in [0.29, 0.717) is 10.8 Å². The van der Waals surface area contributed by atoms with Crippen LogP contribution in [0.15, 0.2) is 59.0 Å². The minimum Gasteiger partial charge on any atom is -0.332 e. The molecule has 0 spiro atoms. The number of carbonyl (C=O) groups is 1. The number of carbonyl (C=O) groups excluding carboxylic acids is 1. The van der Waals surface area contributed by atoms with Crippen LogP contribution in [0.1, 0.15) is 22.4 Å². The van der Waals surface area contributed by atoms with Crippen molar-refractivity contribution in [3.8, 4) is 0 Å². The molecule has 0 aliphatic rings. The molecule has 0 atom stereocenters. The van der Waals surface area contributed by atoms with Gasteiger partial charge in [0.2, 0.25) is 5.91 Å². The van der Waals surface area contributed by atoms with Crippen LogP contribution in [-0.4, -0.2) is 17.1 Å². The van der Waals surface area contributed by atoms with Crippen molar-refractivity contribution in [2.45, 2.75) is 19.5 Å². The molecule has 0 saturated carbocycles. The van der Waals surface area contributed by atoms with E-state index in [-0.39, 0.29) is 18.0 Å². The number of thiazole rings is 1. The van der Waals surface area contributed by atoms with E-state index in [1.807, 2.05) is 31.2 Å². The third-order valence-electron chi connectivity index (χ3n) is 3.92. The van der Waals surface area contributed by atoms with E-state index in [1.54, 1.807) is 11.6 Å². The molecule has 2 aromatic carbocycles. The fourth-order valence-electron chi connectivity index (χ4n) is 2.45. The van der Waals surface area contributed by atoms with E-state index in [2.05, 4.69) is 20.8 Å². The Balaban J connectivity index is 1.56. The molecule has 9 heteroatoms. The molecule has 0 bridgehead atoms. The van der Waals surface area contributed by atoms with E-state index in [9.17, 15) is 18.0 Å². The molecule has 5 nitrogen and oxygen atoms in total. The summed E-state index contributed by atoms with van der Waals surface area (Å²) in [5.74, 6) is -0.342. The Morgan fingerprint density at radius 2 is 2.00 bits per heavy atom. The number of anilines is 2. The average molecular weight is 418 g/mol. The predicted octanol–water partition coefficient (Wildman–Crippen LogP) is 4.91. The van der Waals surface area contributed by atoms with Gasteiger partial charge in [0.1, 0.15) is 0 Å². The van der Waals surface area contributed by atoms with Gasteiger partial charge in [0.25, 0.3) is 0 Å². The lowest BCUT2D eigenvalue weighted by atomic mass is 10.1. The lowest BCUT2D eigenvalue weighted by Gasteiger charge is -2.08. The first kappa shape index (κ1) is 20.5. The van der Waals surface area contributed by atoms with Gasteiger partial charge in [-0.25, -0.2) is 10.4 Å². The lowest BCUT2D eigenvalue weighted by molar-refractivity contribution is -0.137.